The second-order valence-corrected chi connectivity index (χ2v) is 8.55. The molecule has 0 amide bonds. The number of nitrogens with one attached hydrogen (secondary N) is 2. The van der Waals surface area contributed by atoms with Crippen molar-refractivity contribution in [3.05, 3.63) is 38.3 Å². The first-order valence-corrected chi connectivity index (χ1v) is 9.60. The molecule has 0 radical (unpaired) electrons. The van der Waals surface area contributed by atoms with Crippen LogP contribution in [0.3, 0.4) is 0 Å². The van der Waals surface area contributed by atoms with Crippen molar-refractivity contribution < 1.29 is 8.42 Å². The normalized spacial score (nSPS) is 14.8. The number of nitrogens with zero attached hydrogens (tertiary/aromatic N) is 1. The highest BCUT2D eigenvalue weighted by Crippen LogP contribution is 2.30. The van der Waals surface area contributed by atoms with E-state index in [1.165, 1.54) is 17.4 Å². The Morgan fingerprint density at radius 2 is 2.24 bits per heavy atom. The molecule has 0 aliphatic carbocycles. The Morgan fingerprint density at radius 1 is 1.43 bits per heavy atom. The van der Waals surface area contributed by atoms with Crippen molar-refractivity contribution in [2.24, 2.45) is 0 Å². The van der Waals surface area contributed by atoms with Crippen LogP contribution < -0.4 is 10.0 Å². The Hall–Kier alpha value is -0.670. The Morgan fingerprint density at radius 3 is 2.95 bits per heavy atom. The Kier molecular flexibility index (Phi) is 4.24. The fourth-order valence-corrected chi connectivity index (χ4v) is 5.28. The minimum absolute atomic E-state index is 0.0404. The van der Waals surface area contributed by atoms with Gasteiger partial charge in [-0.3, -0.25) is 4.72 Å². The van der Waals surface area contributed by atoms with E-state index in [0.29, 0.717) is 5.13 Å². The van der Waals surface area contributed by atoms with Crippen molar-refractivity contribution >= 4 is 54.0 Å². The number of fused-ring (bicyclic) bond motifs is 1. The van der Waals surface area contributed by atoms with E-state index in [-0.39, 0.29) is 9.92 Å². The fraction of sp³-hybridized carbons (Fsp3) is 0.250. The summed E-state index contributed by atoms with van der Waals surface area (Å²) >= 11 is 10.6. The summed E-state index contributed by atoms with van der Waals surface area (Å²) in [5.74, 6) is 0. The molecular formula is C12H11BrClN3O2S2. The Bertz CT molecular complexity index is 768. The number of rotatable bonds is 3. The van der Waals surface area contributed by atoms with Gasteiger partial charge in [-0.15, -0.1) is 0 Å². The van der Waals surface area contributed by atoms with E-state index in [9.17, 15) is 8.42 Å². The quantitative estimate of drug-likeness (QED) is 0.819. The average molecular weight is 409 g/mol. The molecule has 112 valence electrons. The Balaban J connectivity index is 1.90. The molecule has 2 heterocycles. The maximum atomic E-state index is 12.4. The molecule has 2 aromatic rings. The van der Waals surface area contributed by atoms with Crippen LogP contribution in [0.25, 0.3) is 0 Å². The highest BCUT2D eigenvalue weighted by Gasteiger charge is 2.22. The third-order valence-corrected chi connectivity index (χ3v) is 6.46. The summed E-state index contributed by atoms with van der Waals surface area (Å²) in [6.07, 6.45) is 0.812. The number of halogens is 2. The Labute approximate surface area is 139 Å². The van der Waals surface area contributed by atoms with Crippen molar-refractivity contribution in [2.45, 2.75) is 17.9 Å². The van der Waals surface area contributed by atoms with E-state index in [0.717, 1.165) is 34.6 Å². The van der Waals surface area contributed by atoms with Crippen LogP contribution in [0.5, 0.6) is 0 Å². The molecule has 1 aliphatic heterocycles. The summed E-state index contributed by atoms with van der Waals surface area (Å²) in [4.78, 5) is 5.46. The van der Waals surface area contributed by atoms with E-state index in [2.05, 4.69) is 31.0 Å². The summed E-state index contributed by atoms with van der Waals surface area (Å²) in [5, 5.41) is 3.78. The zero-order chi connectivity index (χ0) is 15.0. The molecule has 1 aliphatic rings. The maximum Gasteiger partial charge on any atom is 0.265 e. The van der Waals surface area contributed by atoms with E-state index < -0.39 is 10.0 Å². The standard InChI is InChI=1S/C12H11BrClN3O2S2/c13-7-1-2-11(8(14)5-7)21(18,19)17-12-16-9-3-4-15-6-10(9)20-12/h1-2,5,15H,3-4,6H2,(H,16,17). The van der Waals surface area contributed by atoms with Crippen LogP contribution >= 0.6 is 38.9 Å². The lowest BCUT2D eigenvalue weighted by atomic mass is 10.2. The SMILES string of the molecule is O=S(=O)(Nc1nc2c(s1)CNCC2)c1ccc(Br)cc1Cl. The molecule has 0 unspecified atom stereocenters. The molecule has 2 N–H and O–H groups in total. The monoisotopic (exact) mass is 407 g/mol. The molecule has 3 rings (SSSR count). The highest BCUT2D eigenvalue weighted by atomic mass is 79.9. The zero-order valence-electron chi connectivity index (χ0n) is 10.7. The lowest BCUT2D eigenvalue weighted by Gasteiger charge is -2.09. The van der Waals surface area contributed by atoms with Gasteiger partial charge in [-0.1, -0.05) is 38.9 Å². The summed E-state index contributed by atoms with van der Waals surface area (Å²) in [7, 11) is -3.74. The van der Waals surface area contributed by atoms with E-state index in [1.807, 2.05) is 0 Å². The first-order chi connectivity index (χ1) is 9.95. The van der Waals surface area contributed by atoms with Crippen molar-refractivity contribution in [3.63, 3.8) is 0 Å². The van der Waals surface area contributed by atoms with Gasteiger partial charge in [0.2, 0.25) is 0 Å². The van der Waals surface area contributed by atoms with Crippen LogP contribution in [0.15, 0.2) is 27.6 Å². The van der Waals surface area contributed by atoms with Gasteiger partial charge in [-0.25, -0.2) is 13.4 Å². The van der Waals surface area contributed by atoms with Gasteiger partial charge in [0.1, 0.15) is 4.90 Å². The first kappa shape index (κ1) is 15.2. The van der Waals surface area contributed by atoms with Crippen LogP contribution in [0.4, 0.5) is 5.13 Å². The molecule has 0 spiro atoms. The van der Waals surface area contributed by atoms with Crippen molar-refractivity contribution in [2.75, 3.05) is 11.3 Å². The molecule has 0 saturated heterocycles. The summed E-state index contributed by atoms with van der Waals surface area (Å²) in [6.45, 7) is 1.59. The fourth-order valence-electron chi connectivity index (χ4n) is 2.03. The smallest absolute Gasteiger partial charge is 0.265 e. The van der Waals surface area contributed by atoms with E-state index in [1.54, 1.807) is 12.1 Å². The number of aromatic nitrogens is 1. The van der Waals surface area contributed by atoms with E-state index >= 15 is 0 Å². The number of sulfonamides is 1. The largest absolute Gasteiger partial charge is 0.311 e. The molecule has 21 heavy (non-hydrogen) atoms. The third-order valence-electron chi connectivity index (χ3n) is 3.01. The van der Waals surface area contributed by atoms with Gasteiger partial charge >= 0.3 is 0 Å². The van der Waals surface area contributed by atoms with Crippen LogP contribution in [-0.4, -0.2) is 19.9 Å². The van der Waals surface area contributed by atoms with Gasteiger partial charge in [0.05, 0.1) is 10.7 Å². The predicted octanol–water partition coefficient (Wildman–Crippen LogP) is 3.01. The predicted molar refractivity (Wildman–Crippen MR) is 87.5 cm³/mol. The average Bonchev–Trinajstić information content (AvgIpc) is 2.79. The molecular weight excluding hydrogens is 398 g/mol. The molecule has 1 aromatic carbocycles. The summed E-state index contributed by atoms with van der Waals surface area (Å²) in [6, 6.07) is 4.65. The van der Waals surface area contributed by atoms with E-state index in [4.69, 9.17) is 11.6 Å². The van der Waals surface area contributed by atoms with Gasteiger partial charge < -0.3 is 5.32 Å². The molecule has 1 aromatic heterocycles. The molecule has 5 nitrogen and oxygen atoms in total. The topological polar surface area (TPSA) is 71.1 Å². The molecule has 0 atom stereocenters. The van der Waals surface area contributed by atoms with Crippen molar-refractivity contribution in [1.82, 2.24) is 10.3 Å². The first-order valence-electron chi connectivity index (χ1n) is 6.13. The third kappa shape index (κ3) is 3.24. The summed E-state index contributed by atoms with van der Waals surface area (Å²) < 4.78 is 28.0. The van der Waals surface area contributed by atoms with Crippen molar-refractivity contribution in [3.8, 4) is 0 Å². The number of anilines is 1. The van der Waals surface area contributed by atoms with Gasteiger partial charge in [0.15, 0.2) is 5.13 Å². The van der Waals surface area contributed by atoms with Gasteiger partial charge in [0, 0.05) is 28.9 Å². The lowest BCUT2D eigenvalue weighted by Crippen LogP contribution is -2.22. The minimum Gasteiger partial charge on any atom is -0.311 e. The minimum atomic E-state index is -3.74. The molecule has 9 heteroatoms. The van der Waals surface area contributed by atoms with Gasteiger partial charge in [0.25, 0.3) is 10.0 Å². The lowest BCUT2D eigenvalue weighted by molar-refractivity contribution is 0.601. The second-order valence-electron chi connectivity index (χ2n) is 4.50. The number of hydrogen-bond acceptors (Lipinski definition) is 5. The molecule has 0 fully saturated rings. The maximum absolute atomic E-state index is 12.4. The van der Waals surface area contributed by atoms with Crippen LogP contribution in [-0.2, 0) is 23.0 Å². The number of thiazole rings is 1. The zero-order valence-corrected chi connectivity index (χ0v) is 14.7. The van der Waals surface area contributed by atoms with Gasteiger partial charge in [-0.05, 0) is 18.2 Å². The van der Waals surface area contributed by atoms with Crippen LogP contribution in [0, 0.1) is 0 Å². The number of hydrogen-bond donors (Lipinski definition) is 2. The summed E-state index contributed by atoms with van der Waals surface area (Å²) in [5.41, 5.74) is 0.957. The van der Waals surface area contributed by atoms with Crippen molar-refractivity contribution in [1.29, 1.82) is 0 Å². The molecule has 0 saturated carbocycles. The van der Waals surface area contributed by atoms with Crippen LogP contribution in [0.2, 0.25) is 5.02 Å². The van der Waals surface area contributed by atoms with Gasteiger partial charge in [-0.2, -0.15) is 0 Å². The molecule has 0 bridgehead atoms. The number of benzene rings is 1. The second kappa shape index (κ2) is 5.85. The highest BCUT2D eigenvalue weighted by molar-refractivity contribution is 9.10. The van der Waals surface area contributed by atoms with Crippen LogP contribution in [0.1, 0.15) is 10.6 Å².